The number of hydrogen-bond donors (Lipinski definition) is 2. The van der Waals surface area contributed by atoms with E-state index >= 15 is 0 Å². The van der Waals surface area contributed by atoms with Gasteiger partial charge in [-0.05, 0) is 29.6 Å². The molecular formula is C11H9BrN2OS2. The fraction of sp³-hybridized carbons (Fsp3) is 0. The summed E-state index contributed by atoms with van der Waals surface area (Å²) < 4.78 is 2.06. The molecule has 0 fully saturated rings. The molecule has 2 aromatic rings. The van der Waals surface area contributed by atoms with E-state index in [1.54, 1.807) is 23.1 Å². The zero-order valence-electron chi connectivity index (χ0n) is 8.63. The molecule has 6 heteroatoms. The minimum Gasteiger partial charge on any atom is -0.409 e. The van der Waals surface area contributed by atoms with Gasteiger partial charge in [0.05, 0.1) is 4.21 Å². The number of hydrogen-bond acceptors (Lipinski definition) is 4. The van der Waals surface area contributed by atoms with Gasteiger partial charge in [0, 0.05) is 14.9 Å². The number of nitrogens with zero attached hydrogens (tertiary/aromatic N) is 1. The van der Waals surface area contributed by atoms with Gasteiger partial charge in [-0.3, -0.25) is 0 Å². The second-order valence-corrected chi connectivity index (χ2v) is 6.37. The van der Waals surface area contributed by atoms with Crippen LogP contribution >= 0.6 is 39.0 Å². The van der Waals surface area contributed by atoms with Crippen LogP contribution < -0.4 is 5.73 Å². The van der Waals surface area contributed by atoms with Crippen molar-refractivity contribution in [3.05, 3.63) is 45.7 Å². The van der Waals surface area contributed by atoms with Crippen LogP contribution in [-0.2, 0) is 0 Å². The number of amidine groups is 1. The molecule has 0 atom stereocenters. The third-order valence-electron chi connectivity index (χ3n) is 2.03. The Bertz CT molecular complexity index is 540. The molecule has 0 spiro atoms. The summed E-state index contributed by atoms with van der Waals surface area (Å²) in [4.78, 5) is 0.964. The van der Waals surface area contributed by atoms with Crippen LogP contribution in [0.1, 0.15) is 5.56 Å². The highest BCUT2D eigenvalue weighted by Gasteiger charge is 2.09. The summed E-state index contributed by atoms with van der Waals surface area (Å²) in [6.07, 6.45) is 0. The first kappa shape index (κ1) is 12.5. The third kappa shape index (κ3) is 3.02. The van der Waals surface area contributed by atoms with Crippen LogP contribution in [0.2, 0.25) is 0 Å². The minimum atomic E-state index is 0.116. The van der Waals surface area contributed by atoms with E-state index in [1.165, 1.54) is 4.21 Å². The summed E-state index contributed by atoms with van der Waals surface area (Å²) in [6.45, 7) is 0. The molecule has 0 aliphatic carbocycles. The Balaban J connectivity index is 2.39. The van der Waals surface area contributed by atoms with E-state index in [4.69, 9.17) is 10.9 Å². The van der Waals surface area contributed by atoms with Gasteiger partial charge in [-0.1, -0.05) is 38.9 Å². The van der Waals surface area contributed by atoms with Gasteiger partial charge < -0.3 is 10.9 Å². The molecule has 0 unspecified atom stereocenters. The van der Waals surface area contributed by atoms with Crippen LogP contribution in [0, 0.1) is 0 Å². The fourth-order valence-corrected chi connectivity index (χ4v) is 3.49. The number of nitrogens with two attached hydrogens (primary N) is 1. The molecule has 1 aromatic carbocycles. The summed E-state index contributed by atoms with van der Waals surface area (Å²) in [6, 6.07) is 9.75. The summed E-state index contributed by atoms with van der Waals surface area (Å²) in [5, 5.41) is 13.8. The summed E-state index contributed by atoms with van der Waals surface area (Å²) >= 11 is 6.63. The van der Waals surface area contributed by atoms with Crippen molar-refractivity contribution >= 4 is 44.9 Å². The molecule has 0 bridgehead atoms. The molecule has 0 amide bonds. The first-order chi connectivity index (χ1) is 8.20. The molecule has 3 nitrogen and oxygen atoms in total. The van der Waals surface area contributed by atoms with E-state index in [0.29, 0.717) is 0 Å². The van der Waals surface area contributed by atoms with Gasteiger partial charge in [0.25, 0.3) is 0 Å². The first-order valence-corrected chi connectivity index (χ1v) is 7.18. The van der Waals surface area contributed by atoms with Crippen LogP contribution in [0.4, 0.5) is 0 Å². The average Bonchev–Trinajstić information content (AvgIpc) is 2.83. The smallest absolute Gasteiger partial charge is 0.171 e. The lowest BCUT2D eigenvalue weighted by Gasteiger charge is -2.07. The van der Waals surface area contributed by atoms with Crippen LogP contribution in [-0.4, -0.2) is 11.0 Å². The van der Waals surface area contributed by atoms with Gasteiger partial charge >= 0.3 is 0 Å². The van der Waals surface area contributed by atoms with Crippen molar-refractivity contribution in [2.24, 2.45) is 10.9 Å². The highest BCUT2D eigenvalue weighted by molar-refractivity contribution is 9.10. The van der Waals surface area contributed by atoms with Crippen molar-refractivity contribution in [1.29, 1.82) is 0 Å². The largest absolute Gasteiger partial charge is 0.409 e. The number of rotatable bonds is 3. The Kier molecular flexibility index (Phi) is 4.09. The molecule has 0 saturated heterocycles. The molecule has 2 rings (SSSR count). The molecule has 3 N–H and O–H groups in total. The summed E-state index contributed by atoms with van der Waals surface area (Å²) in [5.41, 5.74) is 6.38. The van der Waals surface area contributed by atoms with E-state index in [2.05, 4.69) is 21.1 Å². The van der Waals surface area contributed by atoms with E-state index in [1.807, 2.05) is 35.7 Å². The van der Waals surface area contributed by atoms with E-state index < -0.39 is 0 Å². The molecular weight excluding hydrogens is 320 g/mol. The monoisotopic (exact) mass is 328 g/mol. The standard InChI is InChI=1S/C11H9BrN2OS2/c12-7-3-4-9(8(6-7)11(13)14-15)17-10-2-1-5-16-10/h1-6,15H,(H2,13,14). The van der Waals surface area contributed by atoms with Crippen molar-refractivity contribution in [3.63, 3.8) is 0 Å². The Morgan fingerprint density at radius 1 is 1.41 bits per heavy atom. The zero-order chi connectivity index (χ0) is 12.3. The molecule has 1 aromatic heterocycles. The molecule has 0 radical (unpaired) electrons. The van der Waals surface area contributed by atoms with Crippen LogP contribution in [0.5, 0.6) is 0 Å². The molecule has 1 heterocycles. The van der Waals surface area contributed by atoms with Crippen LogP contribution in [0.15, 0.2) is 54.4 Å². The molecule has 0 aliphatic heterocycles. The predicted octanol–water partition coefficient (Wildman–Crippen LogP) is 3.76. The van der Waals surface area contributed by atoms with Gasteiger partial charge in [0.1, 0.15) is 0 Å². The van der Waals surface area contributed by atoms with Gasteiger partial charge in [0.15, 0.2) is 5.84 Å². The van der Waals surface area contributed by atoms with Crippen molar-refractivity contribution < 1.29 is 5.21 Å². The number of thiophene rings is 1. The highest BCUT2D eigenvalue weighted by Crippen LogP contribution is 2.34. The quantitative estimate of drug-likeness (QED) is 0.390. The third-order valence-corrected chi connectivity index (χ3v) is 4.64. The molecule has 88 valence electrons. The Labute approximate surface area is 115 Å². The number of benzene rings is 1. The fourth-order valence-electron chi connectivity index (χ4n) is 1.28. The summed E-state index contributed by atoms with van der Waals surface area (Å²) in [5.74, 6) is 0.116. The Hall–Kier alpha value is -0.980. The Morgan fingerprint density at radius 2 is 2.24 bits per heavy atom. The van der Waals surface area contributed by atoms with Gasteiger partial charge in [-0.15, -0.1) is 11.3 Å². The lowest BCUT2D eigenvalue weighted by atomic mass is 10.2. The number of halogens is 1. The lowest BCUT2D eigenvalue weighted by molar-refractivity contribution is 0.318. The van der Waals surface area contributed by atoms with E-state index in [-0.39, 0.29) is 5.84 Å². The predicted molar refractivity (Wildman–Crippen MR) is 75.1 cm³/mol. The van der Waals surface area contributed by atoms with E-state index in [0.717, 1.165) is 14.9 Å². The van der Waals surface area contributed by atoms with Crippen molar-refractivity contribution in [2.75, 3.05) is 0 Å². The number of oxime groups is 1. The normalized spacial score (nSPS) is 11.7. The average molecular weight is 329 g/mol. The maximum Gasteiger partial charge on any atom is 0.171 e. The van der Waals surface area contributed by atoms with Gasteiger partial charge in [0.2, 0.25) is 0 Å². The zero-order valence-corrected chi connectivity index (χ0v) is 11.8. The van der Waals surface area contributed by atoms with Crippen molar-refractivity contribution in [1.82, 2.24) is 0 Å². The maximum absolute atomic E-state index is 8.77. The van der Waals surface area contributed by atoms with Crippen molar-refractivity contribution in [2.45, 2.75) is 9.10 Å². The summed E-state index contributed by atoms with van der Waals surface area (Å²) in [7, 11) is 0. The molecule has 0 aliphatic rings. The second kappa shape index (κ2) is 5.57. The minimum absolute atomic E-state index is 0.116. The SMILES string of the molecule is N/C(=N/O)c1cc(Br)ccc1Sc1cccs1. The first-order valence-electron chi connectivity index (χ1n) is 4.69. The molecule has 0 saturated carbocycles. The van der Waals surface area contributed by atoms with E-state index in [9.17, 15) is 0 Å². The Morgan fingerprint density at radius 3 is 2.88 bits per heavy atom. The van der Waals surface area contributed by atoms with Crippen molar-refractivity contribution in [3.8, 4) is 0 Å². The lowest BCUT2D eigenvalue weighted by Crippen LogP contribution is -2.14. The van der Waals surface area contributed by atoms with Crippen LogP contribution in [0.3, 0.4) is 0 Å². The van der Waals surface area contributed by atoms with Gasteiger partial charge in [-0.25, -0.2) is 0 Å². The van der Waals surface area contributed by atoms with Crippen LogP contribution in [0.25, 0.3) is 0 Å². The molecule has 17 heavy (non-hydrogen) atoms. The highest BCUT2D eigenvalue weighted by atomic mass is 79.9. The second-order valence-electron chi connectivity index (χ2n) is 3.16. The topological polar surface area (TPSA) is 58.6 Å². The maximum atomic E-state index is 8.77. The van der Waals surface area contributed by atoms with Gasteiger partial charge in [-0.2, -0.15) is 0 Å².